The van der Waals surface area contributed by atoms with Crippen LogP contribution in [0.2, 0.25) is 0 Å². The van der Waals surface area contributed by atoms with Gasteiger partial charge in [0.1, 0.15) is 28.6 Å². The number of amides is 1. The van der Waals surface area contributed by atoms with Crippen LogP contribution in [0.15, 0.2) is 59.0 Å². The SMILES string of the molecule is Cc1ccccc1Oc1nc2ccccn2c(=O)c1C=C(C#N)C(N)=O. The van der Waals surface area contributed by atoms with Gasteiger partial charge in [-0.15, -0.1) is 0 Å². The lowest BCUT2D eigenvalue weighted by molar-refractivity contribution is -0.114. The van der Waals surface area contributed by atoms with Crippen LogP contribution >= 0.6 is 0 Å². The van der Waals surface area contributed by atoms with Gasteiger partial charge in [0.05, 0.1) is 0 Å². The normalized spacial score (nSPS) is 11.2. The first-order valence-corrected chi connectivity index (χ1v) is 7.67. The molecule has 3 rings (SSSR count). The van der Waals surface area contributed by atoms with Gasteiger partial charge < -0.3 is 10.5 Å². The highest BCUT2D eigenvalue weighted by molar-refractivity contribution is 6.00. The Hall–Kier alpha value is -3.92. The monoisotopic (exact) mass is 346 g/mol. The molecule has 3 aromatic rings. The largest absolute Gasteiger partial charge is 0.438 e. The second-order valence-electron chi connectivity index (χ2n) is 5.47. The Kier molecular flexibility index (Phi) is 4.50. The molecular formula is C19H14N4O3. The molecule has 2 heterocycles. The highest BCUT2D eigenvalue weighted by Crippen LogP contribution is 2.26. The Morgan fingerprint density at radius 1 is 1.27 bits per heavy atom. The van der Waals surface area contributed by atoms with Gasteiger partial charge in [0.15, 0.2) is 0 Å². The number of ether oxygens (including phenoxy) is 1. The molecule has 0 saturated carbocycles. The smallest absolute Gasteiger partial charge is 0.269 e. The van der Waals surface area contributed by atoms with Crippen molar-refractivity contribution >= 4 is 17.6 Å². The van der Waals surface area contributed by atoms with E-state index in [1.807, 2.05) is 19.1 Å². The first-order valence-electron chi connectivity index (χ1n) is 7.67. The number of nitriles is 1. The van der Waals surface area contributed by atoms with E-state index in [1.165, 1.54) is 10.6 Å². The number of para-hydroxylation sites is 1. The van der Waals surface area contributed by atoms with E-state index in [2.05, 4.69) is 4.98 Å². The van der Waals surface area contributed by atoms with Crippen molar-refractivity contribution < 1.29 is 9.53 Å². The van der Waals surface area contributed by atoms with Crippen LogP contribution in [0.4, 0.5) is 0 Å². The van der Waals surface area contributed by atoms with E-state index in [-0.39, 0.29) is 17.0 Å². The van der Waals surface area contributed by atoms with Crippen molar-refractivity contribution in [1.29, 1.82) is 5.26 Å². The van der Waals surface area contributed by atoms with Crippen molar-refractivity contribution in [1.82, 2.24) is 9.38 Å². The van der Waals surface area contributed by atoms with Crippen molar-refractivity contribution in [3.8, 4) is 17.7 Å². The van der Waals surface area contributed by atoms with Gasteiger partial charge >= 0.3 is 0 Å². The zero-order valence-electron chi connectivity index (χ0n) is 13.8. The van der Waals surface area contributed by atoms with Crippen LogP contribution in [-0.2, 0) is 4.79 Å². The fourth-order valence-electron chi connectivity index (χ4n) is 2.36. The Balaban J connectivity index is 2.28. The third kappa shape index (κ3) is 3.16. The number of carbonyl (C=O) groups excluding carboxylic acids is 1. The number of rotatable bonds is 4. The Morgan fingerprint density at radius 2 is 2.00 bits per heavy atom. The van der Waals surface area contributed by atoms with Gasteiger partial charge in [-0.25, -0.2) is 0 Å². The van der Waals surface area contributed by atoms with E-state index >= 15 is 0 Å². The summed E-state index contributed by atoms with van der Waals surface area (Å²) in [6.45, 7) is 1.85. The van der Waals surface area contributed by atoms with Crippen molar-refractivity contribution in [2.45, 2.75) is 6.92 Å². The minimum absolute atomic E-state index is 0.00972. The average Bonchev–Trinajstić information content (AvgIpc) is 2.63. The Bertz CT molecular complexity index is 1140. The van der Waals surface area contributed by atoms with E-state index in [4.69, 9.17) is 15.7 Å². The number of aryl methyl sites for hydroxylation is 1. The lowest BCUT2D eigenvalue weighted by atomic mass is 10.1. The lowest BCUT2D eigenvalue weighted by Crippen LogP contribution is -2.20. The number of nitrogens with two attached hydrogens (primary N) is 1. The molecule has 2 N–H and O–H groups in total. The quantitative estimate of drug-likeness (QED) is 0.575. The molecule has 2 aromatic heterocycles. The molecule has 0 radical (unpaired) electrons. The third-order valence-corrected chi connectivity index (χ3v) is 3.71. The van der Waals surface area contributed by atoms with Crippen LogP contribution in [0, 0.1) is 18.3 Å². The Labute approximate surface area is 148 Å². The van der Waals surface area contributed by atoms with E-state index in [0.717, 1.165) is 11.6 Å². The van der Waals surface area contributed by atoms with Gasteiger partial charge in [0, 0.05) is 6.20 Å². The number of hydrogen-bond acceptors (Lipinski definition) is 5. The predicted octanol–water partition coefficient (Wildman–Crippen LogP) is 2.19. The topological polar surface area (TPSA) is 110 Å². The molecule has 0 saturated heterocycles. The zero-order chi connectivity index (χ0) is 18.7. The molecule has 0 spiro atoms. The van der Waals surface area contributed by atoms with E-state index in [1.54, 1.807) is 36.4 Å². The van der Waals surface area contributed by atoms with E-state index in [9.17, 15) is 9.59 Å². The molecule has 0 unspecified atom stereocenters. The second-order valence-corrected chi connectivity index (χ2v) is 5.47. The second kappa shape index (κ2) is 6.91. The highest BCUT2D eigenvalue weighted by atomic mass is 16.5. The molecule has 0 aliphatic carbocycles. The maximum atomic E-state index is 12.8. The van der Waals surface area contributed by atoms with Crippen LogP contribution in [-0.4, -0.2) is 15.3 Å². The molecule has 0 aliphatic heterocycles. The minimum atomic E-state index is -0.938. The highest BCUT2D eigenvalue weighted by Gasteiger charge is 2.16. The summed E-state index contributed by atoms with van der Waals surface area (Å²) in [5.41, 5.74) is 5.52. The summed E-state index contributed by atoms with van der Waals surface area (Å²) in [5.74, 6) is -0.441. The number of pyridine rings is 1. The first kappa shape index (κ1) is 16.9. The third-order valence-electron chi connectivity index (χ3n) is 3.71. The molecular weight excluding hydrogens is 332 g/mol. The molecule has 1 amide bonds. The average molecular weight is 346 g/mol. The summed E-state index contributed by atoms with van der Waals surface area (Å²) in [7, 11) is 0. The van der Waals surface area contributed by atoms with Gasteiger partial charge in [0.2, 0.25) is 5.88 Å². The van der Waals surface area contributed by atoms with Crippen LogP contribution in [0.3, 0.4) is 0 Å². The van der Waals surface area contributed by atoms with Crippen molar-refractivity contribution in [2.75, 3.05) is 0 Å². The summed E-state index contributed by atoms with van der Waals surface area (Å²) in [5, 5.41) is 9.10. The van der Waals surface area contributed by atoms with Crippen molar-refractivity contribution in [3.63, 3.8) is 0 Å². The number of benzene rings is 1. The summed E-state index contributed by atoms with van der Waals surface area (Å²) in [4.78, 5) is 28.6. The van der Waals surface area contributed by atoms with Gasteiger partial charge in [-0.1, -0.05) is 24.3 Å². The standard InChI is InChI=1S/C19H14N4O3/c1-12-6-2-3-7-15(12)26-18-14(10-13(11-20)17(21)24)19(25)23-9-5-4-8-16(23)22-18/h2-10H,1H3,(H2,21,24). The summed E-state index contributed by atoms with van der Waals surface area (Å²) < 4.78 is 7.12. The van der Waals surface area contributed by atoms with Gasteiger partial charge in [0.25, 0.3) is 11.5 Å². The van der Waals surface area contributed by atoms with Crippen LogP contribution in [0.5, 0.6) is 11.6 Å². The van der Waals surface area contributed by atoms with Crippen molar-refractivity contribution in [2.24, 2.45) is 5.73 Å². The van der Waals surface area contributed by atoms with Gasteiger partial charge in [-0.2, -0.15) is 10.2 Å². The number of hydrogen-bond donors (Lipinski definition) is 1. The maximum absolute atomic E-state index is 12.8. The number of nitrogens with zero attached hydrogens (tertiary/aromatic N) is 3. The van der Waals surface area contributed by atoms with E-state index < -0.39 is 11.5 Å². The van der Waals surface area contributed by atoms with Crippen molar-refractivity contribution in [3.05, 3.63) is 75.7 Å². The van der Waals surface area contributed by atoms with E-state index in [0.29, 0.717) is 11.4 Å². The summed E-state index contributed by atoms with van der Waals surface area (Å²) >= 11 is 0. The maximum Gasteiger partial charge on any atom is 0.269 e. The summed E-state index contributed by atoms with van der Waals surface area (Å²) in [6, 6.07) is 14.0. The molecule has 128 valence electrons. The van der Waals surface area contributed by atoms with Crippen LogP contribution < -0.4 is 16.0 Å². The number of fused-ring (bicyclic) bond motifs is 1. The predicted molar refractivity (Wildman–Crippen MR) is 95.5 cm³/mol. The van der Waals surface area contributed by atoms with Crippen LogP contribution in [0.25, 0.3) is 11.7 Å². The molecule has 26 heavy (non-hydrogen) atoms. The first-order chi connectivity index (χ1) is 12.5. The number of carbonyl (C=O) groups is 1. The molecule has 0 fully saturated rings. The molecule has 0 aliphatic rings. The van der Waals surface area contributed by atoms with Gasteiger partial charge in [-0.05, 0) is 36.8 Å². The molecule has 0 atom stereocenters. The fraction of sp³-hybridized carbons (Fsp3) is 0.0526. The number of aromatic nitrogens is 2. The van der Waals surface area contributed by atoms with Crippen LogP contribution in [0.1, 0.15) is 11.1 Å². The summed E-state index contributed by atoms with van der Waals surface area (Å²) in [6.07, 6.45) is 2.64. The Morgan fingerprint density at radius 3 is 2.69 bits per heavy atom. The zero-order valence-corrected chi connectivity index (χ0v) is 13.8. The fourth-order valence-corrected chi connectivity index (χ4v) is 2.36. The minimum Gasteiger partial charge on any atom is -0.438 e. The lowest BCUT2D eigenvalue weighted by Gasteiger charge is -2.11. The van der Waals surface area contributed by atoms with Gasteiger partial charge in [-0.3, -0.25) is 14.0 Å². The molecule has 7 heteroatoms. The number of primary amides is 1. The molecule has 7 nitrogen and oxygen atoms in total. The molecule has 0 bridgehead atoms. The molecule has 1 aromatic carbocycles.